The summed E-state index contributed by atoms with van der Waals surface area (Å²) in [4.78, 5) is 23.1. The van der Waals surface area contributed by atoms with Crippen molar-refractivity contribution in [2.75, 3.05) is 0 Å². The van der Waals surface area contributed by atoms with E-state index in [9.17, 15) is 19.8 Å². The maximum Gasteiger partial charge on any atom is 0.373 e. The summed E-state index contributed by atoms with van der Waals surface area (Å²) in [6, 6.07) is 0. The number of unbranched alkanes of at least 4 members (excludes halogenated alkanes) is 1. The molecule has 0 bridgehead atoms. The van der Waals surface area contributed by atoms with Crippen molar-refractivity contribution < 1.29 is 29.3 Å². The Balaban J connectivity index is 4.77. The van der Waals surface area contributed by atoms with E-state index in [0.717, 1.165) is 0 Å². The van der Waals surface area contributed by atoms with Crippen LogP contribution in [0.25, 0.3) is 0 Å². The molecule has 0 atom stereocenters. The molecule has 0 aromatic carbocycles. The van der Waals surface area contributed by atoms with Crippen molar-refractivity contribution in [3.63, 3.8) is 0 Å². The van der Waals surface area contributed by atoms with Crippen molar-refractivity contribution in [1.29, 1.82) is 0 Å². The maximum atomic E-state index is 11.6. The molecule has 0 amide bonds. The lowest BCUT2D eigenvalue weighted by Gasteiger charge is -2.27. The van der Waals surface area contributed by atoms with E-state index in [0.29, 0.717) is 19.3 Å². The Morgan fingerprint density at radius 3 is 1.59 bits per heavy atom. The fraction of sp³-hybridized carbons (Fsp3) is 0.625. The molecule has 0 aromatic heterocycles. The second kappa shape index (κ2) is 8.10. The number of carbonyl (C=O) groups is 2. The predicted octanol–water partition coefficient (Wildman–Crippen LogP) is 2.20. The lowest BCUT2D eigenvalue weighted by atomic mass is 10.0. The summed E-state index contributed by atoms with van der Waals surface area (Å²) in [6.07, 6.45) is 1.32. The van der Waals surface area contributed by atoms with Crippen LogP contribution in [0.15, 0.2) is 24.3 Å². The van der Waals surface area contributed by atoms with Crippen LogP contribution in [-0.4, -0.2) is 33.7 Å². The van der Waals surface area contributed by atoms with Gasteiger partial charge in [0.05, 0.1) is 12.0 Å². The first-order valence-corrected chi connectivity index (χ1v) is 7.09. The summed E-state index contributed by atoms with van der Waals surface area (Å²) in [6.45, 7) is 13.0. The molecule has 0 saturated heterocycles. The van der Waals surface area contributed by atoms with E-state index in [1.165, 1.54) is 13.8 Å². The fourth-order valence-corrected chi connectivity index (χ4v) is 1.49. The van der Waals surface area contributed by atoms with E-state index >= 15 is 0 Å². The molecule has 6 heteroatoms. The SMILES string of the molecule is C=C(C)C(=O)OC(O)(CCCCC(C)(C)O)OC(=O)C(=C)C. The van der Waals surface area contributed by atoms with Gasteiger partial charge in [0.1, 0.15) is 0 Å². The number of aliphatic hydroxyl groups is 2. The van der Waals surface area contributed by atoms with Crippen molar-refractivity contribution in [3.8, 4) is 0 Å². The first-order chi connectivity index (χ1) is 9.86. The Morgan fingerprint density at radius 2 is 1.27 bits per heavy atom. The standard InChI is InChI=1S/C16H26O6/c1-11(2)13(17)21-16(20,22-14(18)12(3)4)10-8-7-9-15(5,6)19/h19-20H,1,3,7-10H2,2,4-6H3. The third-order valence-electron chi connectivity index (χ3n) is 2.73. The van der Waals surface area contributed by atoms with Gasteiger partial charge in [-0.15, -0.1) is 0 Å². The smallest absolute Gasteiger partial charge is 0.373 e. The van der Waals surface area contributed by atoms with Crippen molar-refractivity contribution in [2.24, 2.45) is 0 Å². The summed E-state index contributed by atoms with van der Waals surface area (Å²) in [7, 11) is 0. The van der Waals surface area contributed by atoms with Crippen molar-refractivity contribution in [2.45, 2.75) is 65.0 Å². The molecule has 126 valence electrons. The van der Waals surface area contributed by atoms with Crippen molar-refractivity contribution in [3.05, 3.63) is 24.3 Å². The van der Waals surface area contributed by atoms with Gasteiger partial charge in [-0.3, -0.25) is 0 Å². The monoisotopic (exact) mass is 314 g/mol. The Morgan fingerprint density at radius 1 is 0.909 bits per heavy atom. The summed E-state index contributed by atoms with van der Waals surface area (Å²) < 4.78 is 9.65. The van der Waals surface area contributed by atoms with Gasteiger partial charge in [0.2, 0.25) is 0 Å². The molecule has 2 N–H and O–H groups in total. The number of rotatable bonds is 9. The highest BCUT2D eigenvalue weighted by molar-refractivity contribution is 5.88. The van der Waals surface area contributed by atoms with Crippen LogP contribution >= 0.6 is 0 Å². The van der Waals surface area contributed by atoms with Gasteiger partial charge in [0.25, 0.3) is 0 Å². The predicted molar refractivity (Wildman–Crippen MR) is 81.5 cm³/mol. The molecule has 0 radical (unpaired) electrons. The molecule has 0 aliphatic rings. The molecule has 0 saturated carbocycles. The second-order valence-corrected chi connectivity index (χ2v) is 6.07. The minimum atomic E-state index is -2.37. The minimum absolute atomic E-state index is 0.0706. The van der Waals surface area contributed by atoms with E-state index in [1.54, 1.807) is 13.8 Å². The van der Waals surface area contributed by atoms with Crippen LogP contribution in [0.2, 0.25) is 0 Å². The largest absolute Gasteiger partial charge is 0.395 e. The number of esters is 2. The summed E-state index contributed by atoms with van der Waals surface area (Å²) in [5.74, 6) is -4.09. The van der Waals surface area contributed by atoms with Gasteiger partial charge < -0.3 is 19.7 Å². The van der Waals surface area contributed by atoms with Crippen LogP contribution in [0.1, 0.15) is 53.4 Å². The molecule has 6 nitrogen and oxygen atoms in total. The van der Waals surface area contributed by atoms with Gasteiger partial charge in [-0.1, -0.05) is 19.6 Å². The summed E-state index contributed by atoms with van der Waals surface area (Å²) >= 11 is 0. The van der Waals surface area contributed by atoms with Crippen LogP contribution in [0, 0.1) is 0 Å². The molecule has 0 aliphatic carbocycles. The maximum absolute atomic E-state index is 11.6. The van der Waals surface area contributed by atoms with Crippen LogP contribution in [0.4, 0.5) is 0 Å². The van der Waals surface area contributed by atoms with E-state index < -0.39 is 23.5 Å². The van der Waals surface area contributed by atoms with Gasteiger partial charge in [-0.05, 0) is 40.5 Å². The molecule has 0 fully saturated rings. The molecule has 0 spiro atoms. The zero-order valence-electron chi connectivity index (χ0n) is 13.8. The second-order valence-electron chi connectivity index (χ2n) is 6.07. The van der Waals surface area contributed by atoms with Crippen LogP contribution < -0.4 is 0 Å². The molecule has 0 unspecified atom stereocenters. The molecular weight excluding hydrogens is 288 g/mol. The Hall–Kier alpha value is -1.66. The van der Waals surface area contributed by atoms with Crippen LogP contribution in [-0.2, 0) is 19.1 Å². The minimum Gasteiger partial charge on any atom is -0.395 e. The zero-order valence-corrected chi connectivity index (χ0v) is 13.8. The third kappa shape index (κ3) is 8.59. The van der Waals surface area contributed by atoms with Gasteiger partial charge >= 0.3 is 17.9 Å². The number of carbonyl (C=O) groups excluding carboxylic acids is 2. The normalized spacial score (nSPS) is 11.7. The Kier molecular flexibility index (Phi) is 7.49. The molecule has 0 rings (SSSR count). The Labute approximate surface area is 131 Å². The number of hydrogen-bond donors (Lipinski definition) is 2. The first kappa shape index (κ1) is 20.3. The van der Waals surface area contributed by atoms with Gasteiger partial charge in [-0.2, -0.15) is 0 Å². The van der Waals surface area contributed by atoms with E-state index in [2.05, 4.69) is 13.2 Å². The summed E-state index contributed by atoms with van der Waals surface area (Å²) in [5, 5.41) is 19.9. The van der Waals surface area contributed by atoms with Gasteiger partial charge in [-0.25, -0.2) is 9.59 Å². The molecular formula is C16H26O6. The third-order valence-corrected chi connectivity index (χ3v) is 2.73. The highest BCUT2D eigenvalue weighted by atomic mass is 16.8. The van der Waals surface area contributed by atoms with E-state index in [4.69, 9.17) is 9.47 Å². The summed E-state index contributed by atoms with van der Waals surface area (Å²) in [5.41, 5.74) is -0.691. The molecule has 0 aromatic rings. The molecule has 0 heterocycles. The molecule has 22 heavy (non-hydrogen) atoms. The number of hydrogen-bond acceptors (Lipinski definition) is 6. The topological polar surface area (TPSA) is 93.1 Å². The lowest BCUT2D eigenvalue weighted by molar-refractivity contribution is -0.325. The highest BCUT2D eigenvalue weighted by Crippen LogP contribution is 2.23. The number of ether oxygens (including phenoxy) is 2. The van der Waals surface area contributed by atoms with Crippen LogP contribution in [0.5, 0.6) is 0 Å². The Bertz CT molecular complexity index is 416. The molecule has 0 aliphatic heterocycles. The quantitative estimate of drug-likeness (QED) is 0.293. The average molecular weight is 314 g/mol. The first-order valence-electron chi connectivity index (χ1n) is 7.09. The highest BCUT2D eigenvalue weighted by Gasteiger charge is 2.36. The van der Waals surface area contributed by atoms with Crippen LogP contribution in [0.3, 0.4) is 0 Å². The van der Waals surface area contributed by atoms with E-state index in [1.807, 2.05) is 0 Å². The van der Waals surface area contributed by atoms with Gasteiger partial charge in [0, 0.05) is 11.1 Å². The average Bonchev–Trinajstić information content (AvgIpc) is 2.33. The van der Waals surface area contributed by atoms with E-state index in [-0.39, 0.29) is 17.6 Å². The van der Waals surface area contributed by atoms with Crippen molar-refractivity contribution in [1.82, 2.24) is 0 Å². The lowest BCUT2D eigenvalue weighted by Crippen LogP contribution is -2.40. The van der Waals surface area contributed by atoms with Crippen molar-refractivity contribution >= 4 is 11.9 Å². The van der Waals surface area contributed by atoms with Gasteiger partial charge in [0.15, 0.2) is 0 Å². The zero-order chi connectivity index (χ0) is 17.6. The fourth-order valence-electron chi connectivity index (χ4n) is 1.49.